The topological polar surface area (TPSA) is 26.3 Å². The number of hydrogen-bond acceptors (Lipinski definition) is 2. The Bertz CT molecular complexity index is 390. The van der Waals surface area contributed by atoms with E-state index in [1.54, 1.807) is 6.92 Å². The van der Waals surface area contributed by atoms with Crippen LogP contribution in [0.4, 0.5) is 0 Å². The lowest BCUT2D eigenvalue weighted by molar-refractivity contribution is 0.101. The van der Waals surface area contributed by atoms with Crippen molar-refractivity contribution in [3.63, 3.8) is 0 Å². The van der Waals surface area contributed by atoms with E-state index in [0.717, 1.165) is 29.7 Å². The molecule has 1 aromatic carbocycles. The van der Waals surface area contributed by atoms with E-state index in [2.05, 4.69) is 0 Å². The third-order valence-corrected chi connectivity index (χ3v) is 3.18. The molecule has 1 aromatic rings. The first kappa shape index (κ1) is 11.2. The highest BCUT2D eigenvalue weighted by Crippen LogP contribution is 2.26. The number of hydrogen-bond donors (Lipinski definition) is 0. The summed E-state index contributed by atoms with van der Waals surface area (Å²) in [6.07, 6.45) is 5.24. The molecule has 0 aliphatic heterocycles. The molecule has 2 heteroatoms. The van der Waals surface area contributed by atoms with E-state index >= 15 is 0 Å². The van der Waals surface area contributed by atoms with Crippen LogP contribution in [0.3, 0.4) is 0 Å². The second-order valence-electron chi connectivity index (χ2n) is 4.56. The fraction of sp³-hybridized carbons (Fsp3) is 0.500. The van der Waals surface area contributed by atoms with E-state index in [1.165, 1.54) is 12.8 Å². The third kappa shape index (κ3) is 2.43. The van der Waals surface area contributed by atoms with Gasteiger partial charge in [-0.05, 0) is 63.3 Å². The number of Topliss-reactive ketones (excluding diaryl/α,β-unsaturated/α-hetero) is 1. The zero-order valence-electron chi connectivity index (χ0n) is 9.95. The highest BCUT2D eigenvalue weighted by Gasteiger charge is 2.17. The van der Waals surface area contributed by atoms with E-state index in [-0.39, 0.29) is 5.78 Å². The molecule has 1 fully saturated rings. The molecule has 0 radical (unpaired) electrons. The Balaban J connectivity index is 2.12. The Kier molecular flexibility index (Phi) is 3.28. The van der Waals surface area contributed by atoms with Crippen molar-refractivity contribution in [2.45, 2.75) is 45.6 Å². The maximum Gasteiger partial charge on any atom is 0.159 e. The Hall–Kier alpha value is -1.31. The summed E-state index contributed by atoms with van der Waals surface area (Å²) in [4.78, 5) is 11.2. The fourth-order valence-corrected chi connectivity index (χ4v) is 2.19. The molecule has 0 saturated heterocycles. The summed E-state index contributed by atoms with van der Waals surface area (Å²) >= 11 is 0. The van der Waals surface area contributed by atoms with Crippen LogP contribution in [0.25, 0.3) is 0 Å². The van der Waals surface area contributed by atoms with Crippen molar-refractivity contribution < 1.29 is 9.53 Å². The van der Waals surface area contributed by atoms with Gasteiger partial charge in [0, 0.05) is 5.56 Å². The van der Waals surface area contributed by atoms with Crippen LogP contribution in [-0.4, -0.2) is 11.9 Å². The molecule has 0 unspecified atom stereocenters. The zero-order valence-corrected chi connectivity index (χ0v) is 9.95. The molecule has 0 heterocycles. The van der Waals surface area contributed by atoms with Crippen LogP contribution >= 0.6 is 0 Å². The van der Waals surface area contributed by atoms with Crippen LogP contribution in [0.2, 0.25) is 0 Å². The molecule has 0 N–H and O–H groups in total. The molecule has 0 amide bonds. The lowest BCUT2D eigenvalue weighted by Gasteiger charge is -2.15. The highest BCUT2D eigenvalue weighted by atomic mass is 16.5. The van der Waals surface area contributed by atoms with Crippen molar-refractivity contribution in [3.8, 4) is 5.75 Å². The van der Waals surface area contributed by atoms with Crippen LogP contribution in [0.15, 0.2) is 18.2 Å². The molecule has 86 valence electrons. The normalized spacial score (nSPS) is 16.4. The quantitative estimate of drug-likeness (QED) is 0.725. The molecule has 2 rings (SSSR count). The maximum absolute atomic E-state index is 11.2. The van der Waals surface area contributed by atoms with E-state index in [1.807, 2.05) is 25.1 Å². The maximum atomic E-state index is 11.2. The number of aryl methyl sites for hydroxylation is 1. The van der Waals surface area contributed by atoms with Crippen molar-refractivity contribution in [3.05, 3.63) is 29.3 Å². The van der Waals surface area contributed by atoms with E-state index in [9.17, 15) is 4.79 Å². The van der Waals surface area contributed by atoms with Gasteiger partial charge >= 0.3 is 0 Å². The summed E-state index contributed by atoms with van der Waals surface area (Å²) in [6, 6.07) is 5.68. The number of ether oxygens (including phenoxy) is 1. The summed E-state index contributed by atoms with van der Waals surface area (Å²) in [5.41, 5.74) is 1.82. The summed E-state index contributed by atoms with van der Waals surface area (Å²) in [5, 5.41) is 0. The minimum atomic E-state index is 0.107. The lowest BCUT2D eigenvalue weighted by Crippen LogP contribution is -2.11. The number of carbonyl (C=O) groups is 1. The Morgan fingerprint density at radius 2 is 2.00 bits per heavy atom. The van der Waals surface area contributed by atoms with Gasteiger partial charge in [-0.2, -0.15) is 0 Å². The average Bonchev–Trinajstić information content (AvgIpc) is 2.73. The second-order valence-corrected chi connectivity index (χ2v) is 4.56. The highest BCUT2D eigenvalue weighted by molar-refractivity contribution is 5.94. The van der Waals surface area contributed by atoms with Gasteiger partial charge in [-0.3, -0.25) is 4.79 Å². The number of benzene rings is 1. The molecule has 1 saturated carbocycles. The van der Waals surface area contributed by atoms with Crippen molar-refractivity contribution in [2.75, 3.05) is 0 Å². The van der Waals surface area contributed by atoms with E-state index < -0.39 is 0 Å². The molecule has 0 bridgehead atoms. The SMILES string of the molecule is CC(=O)c1ccc(OC2CCCC2)c(C)c1. The van der Waals surface area contributed by atoms with E-state index in [0.29, 0.717) is 6.10 Å². The molecule has 0 atom stereocenters. The first-order valence-electron chi connectivity index (χ1n) is 5.95. The number of ketones is 1. The molecule has 0 spiro atoms. The summed E-state index contributed by atoms with van der Waals surface area (Å²) in [5.74, 6) is 1.03. The Morgan fingerprint density at radius 1 is 1.31 bits per heavy atom. The van der Waals surface area contributed by atoms with Gasteiger partial charge in [0.25, 0.3) is 0 Å². The molecule has 0 aromatic heterocycles. The van der Waals surface area contributed by atoms with Crippen molar-refractivity contribution in [1.29, 1.82) is 0 Å². The van der Waals surface area contributed by atoms with Gasteiger partial charge in [0.05, 0.1) is 6.10 Å². The minimum Gasteiger partial charge on any atom is -0.490 e. The zero-order chi connectivity index (χ0) is 11.5. The van der Waals surface area contributed by atoms with Gasteiger partial charge in [0.15, 0.2) is 5.78 Å². The first-order valence-corrected chi connectivity index (χ1v) is 5.95. The van der Waals surface area contributed by atoms with E-state index in [4.69, 9.17) is 4.74 Å². The van der Waals surface area contributed by atoms with Gasteiger partial charge < -0.3 is 4.74 Å². The first-order chi connectivity index (χ1) is 7.66. The molecule has 16 heavy (non-hydrogen) atoms. The van der Waals surface area contributed by atoms with Crippen LogP contribution in [-0.2, 0) is 0 Å². The monoisotopic (exact) mass is 218 g/mol. The summed E-state index contributed by atoms with van der Waals surface area (Å²) in [7, 11) is 0. The average molecular weight is 218 g/mol. The van der Waals surface area contributed by atoms with Crippen LogP contribution in [0.1, 0.15) is 48.5 Å². The van der Waals surface area contributed by atoms with Gasteiger partial charge in [0.1, 0.15) is 5.75 Å². The van der Waals surface area contributed by atoms with Crippen molar-refractivity contribution in [2.24, 2.45) is 0 Å². The summed E-state index contributed by atoms with van der Waals surface area (Å²) < 4.78 is 5.93. The largest absolute Gasteiger partial charge is 0.490 e. The number of rotatable bonds is 3. The standard InChI is InChI=1S/C14H18O2/c1-10-9-12(11(2)15)7-8-14(10)16-13-5-3-4-6-13/h7-9,13H,3-6H2,1-2H3. The Labute approximate surface area is 96.6 Å². The molecular formula is C14H18O2. The van der Waals surface area contributed by atoms with Gasteiger partial charge in [0.2, 0.25) is 0 Å². The number of carbonyl (C=O) groups excluding carboxylic acids is 1. The van der Waals surface area contributed by atoms with Crippen LogP contribution < -0.4 is 4.74 Å². The van der Waals surface area contributed by atoms with Crippen LogP contribution in [0.5, 0.6) is 5.75 Å². The Morgan fingerprint density at radius 3 is 2.56 bits per heavy atom. The lowest BCUT2D eigenvalue weighted by atomic mass is 10.1. The predicted octanol–water partition coefficient (Wildman–Crippen LogP) is 3.52. The van der Waals surface area contributed by atoms with Crippen molar-refractivity contribution in [1.82, 2.24) is 0 Å². The van der Waals surface area contributed by atoms with Crippen molar-refractivity contribution >= 4 is 5.78 Å². The fourth-order valence-electron chi connectivity index (χ4n) is 2.19. The molecular weight excluding hydrogens is 200 g/mol. The van der Waals surface area contributed by atoms with Gasteiger partial charge in [-0.1, -0.05) is 0 Å². The third-order valence-electron chi connectivity index (χ3n) is 3.18. The molecule has 2 nitrogen and oxygen atoms in total. The van der Waals surface area contributed by atoms with Gasteiger partial charge in [-0.25, -0.2) is 0 Å². The molecule has 1 aliphatic carbocycles. The predicted molar refractivity (Wildman–Crippen MR) is 64.1 cm³/mol. The minimum absolute atomic E-state index is 0.107. The molecule has 1 aliphatic rings. The smallest absolute Gasteiger partial charge is 0.159 e. The van der Waals surface area contributed by atoms with Gasteiger partial charge in [-0.15, -0.1) is 0 Å². The second kappa shape index (κ2) is 4.69. The van der Waals surface area contributed by atoms with Crippen LogP contribution in [0, 0.1) is 6.92 Å². The summed E-state index contributed by atoms with van der Waals surface area (Å²) in [6.45, 7) is 3.59.